The molecule has 1 N–H and O–H groups in total. The van der Waals surface area contributed by atoms with Crippen molar-refractivity contribution in [2.24, 2.45) is 5.10 Å². The molecular weight excluding hydrogens is 485 g/mol. The summed E-state index contributed by atoms with van der Waals surface area (Å²) < 4.78 is 2.02. The maximum Gasteiger partial charge on any atom is 0.271 e. The number of hydrogen-bond acceptors (Lipinski definition) is 3. The van der Waals surface area contributed by atoms with Gasteiger partial charge in [-0.2, -0.15) is 5.10 Å². The molecule has 0 atom stereocenters. The van der Waals surface area contributed by atoms with Crippen LogP contribution in [0.15, 0.2) is 88.9 Å². The van der Waals surface area contributed by atoms with Crippen LogP contribution in [-0.4, -0.2) is 16.7 Å². The number of nitrogens with zero attached hydrogens (tertiary/aromatic N) is 2. The number of thioether (sulfide) groups is 1. The molecule has 0 aliphatic rings. The maximum absolute atomic E-state index is 12.5. The van der Waals surface area contributed by atoms with E-state index in [9.17, 15) is 4.79 Å². The third-order valence-electron chi connectivity index (χ3n) is 5.38. The van der Waals surface area contributed by atoms with Gasteiger partial charge in [0.15, 0.2) is 0 Å². The first-order valence-electron chi connectivity index (χ1n) is 10.7. The molecule has 0 bridgehead atoms. The number of halogens is 2. The number of rotatable bonds is 7. The van der Waals surface area contributed by atoms with Crippen LogP contribution in [0, 0.1) is 13.8 Å². The van der Waals surface area contributed by atoms with Crippen LogP contribution in [-0.2, 0) is 5.75 Å². The lowest BCUT2D eigenvalue weighted by molar-refractivity contribution is 0.0955. The summed E-state index contributed by atoms with van der Waals surface area (Å²) in [5.41, 5.74) is 7.93. The summed E-state index contributed by atoms with van der Waals surface area (Å²) in [6, 6.07) is 25.3. The highest BCUT2D eigenvalue weighted by Gasteiger charge is 2.14. The van der Waals surface area contributed by atoms with Crippen molar-refractivity contribution < 1.29 is 4.79 Å². The van der Waals surface area contributed by atoms with Crippen LogP contribution in [0.2, 0.25) is 10.0 Å². The van der Waals surface area contributed by atoms with E-state index in [1.165, 1.54) is 4.90 Å². The summed E-state index contributed by atoms with van der Waals surface area (Å²) in [6.45, 7) is 3.96. The molecule has 0 aliphatic carbocycles. The van der Waals surface area contributed by atoms with Gasteiger partial charge in [-0.1, -0.05) is 59.6 Å². The van der Waals surface area contributed by atoms with Gasteiger partial charge in [0.1, 0.15) is 0 Å². The summed E-state index contributed by atoms with van der Waals surface area (Å²) in [7, 11) is 0. The average molecular weight is 508 g/mol. The van der Waals surface area contributed by atoms with Gasteiger partial charge < -0.3 is 4.57 Å². The van der Waals surface area contributed by atoms with E-state index in [0.29, 0.717) is 15.6 Å². The van der Waals surface area contributed by atoms with E-state index in [0.717, 1.165) is 34.0 Å². The Morgan fingerprint density at radius 2 is 1.74 bits per heavy atom. The quantitative estimate of drug-likeness (QED) is 0.160. The lowest BCUT2D eigenvalue weighted by Crippen LogP contribution is -2.17. The molecule has 3 aromatic carbocycles. The van der Waals surface area contributed by atoms with Crippen LogP contribution in [0.25, 0.3) is 5.69 Å². The summed E-state index contributed by atoms with van der Waals surface area (Å²) in [4.78, 5) is 13.7. The number of hydrazone groups is 1. The Kier molecular flexibility index (Phi) is 7.78. The van der Waals surface area contributed by atoms with Gasteiger partial charge in [0, 0.05) is 33.2 Å². The number of aryl methyl sites for hydroxylation is 1. The van der Waals surface area contributed by atoms with Gasteiger partial charge in [0.2, 0.25) is 0 Å². The monoisotopic (exact) mass is 507 g/mol. The predicted octanol–water partition coefficient (Wildman–Crippen LogP) is 7.46. The Hall–Kier alpha value is -2.99. The SMILES string of the molecule is Cc1cc(/C=N/NC(=O)c2ccc(CSc3ccccc3)cc2)c(C)n1-c1cccc(Cl)c1Cl. The second-order valence-corrected chi connectivity index (χ2v) is 9.57. The van der Waals surface area contributed by atoms with Gasteiger partial charge in [-0.15, -0.1) is 11.8 Å². The van der Waals surface area contributed by atoms with Gasteiger partial charge in [0.05, 0.1) is 21.9 Å². The maximum atomic E-state index is 12.5. The van der Waals surface area contributed by atoms with Crippen LogP contribution < -0.4 is 5.43 Å². The average Bonchev–Trinajstić information content (AvgIpc) is 3.13. The molecule has 172 valence electrons. The topological polar surface area (TPSA) is 46.4 Å². The van der Waals surface area contributed by atoms with Crippen molar-refractivity contribution in [1.82, 2.24) is 9.99 Å². The van der Waals surface area contributed by atoms with Crippen LogP contribution >= 0.6 is 35.0 Å². The molecule has 1 amide bonds. The molecule has 0 fully saturated rings. The molecule has 4 rings (SSSR count). The van der Waals surface area contributed by atoms with Crippen molar-refractivity contribution in [3.8, 4) is 5.69 Å². The minimum Gasteiger partial charge on any atom is -0.316 e. The first-order chi connectivity index (χ1) is 16.4. The summed E-state index contributed by atoms with van der Waals surface area (Å²) >= 11 is 14.4. The minimum absolute atomic E-state index is 0.259. The molecule has 34 heavy (non-hydrogen) atoms. The van der Waals surface area contributed by atoms with Crippen molar-refractivity contribution in [1.29, 1.82) is 0 Å². The molecule has 7 heteroatoms. The Labute approximate surface area is 213 Å². The molecule has 0 radical (unpaired) electrons. The van der Waals surface area contributed by atoms with Gasteiger partial charge in [-0.05, 0) is 61.9 Å². The van der Waals surface area contributed by atoms with E-state index < -0.39 is 0 Å². The Morgan fingerprint density at radius 3 is 2.47 bits per heavy atom. The van der Waals surface area contributed by atoms with E-state index in [-0.39, 0.29) is 5.91 Å². The van der Waals surface area contributed by atoms with Crippen molar-refractivity contribution in [2.45, 2.75) is 24.5 Å². The molecule has 4 aromatic rings. The molecule has 0 spiro atoms. The number of benzene rings is 3. The summed E-state index contributed by atoms with van der Waals surface area (Å²) in [6.07, 6.45) is 1.64. The smallest absolute Gasteiger partial charge is 0.271 e. The third-order valence-corrected chi connectivity index (χ3v) is 7.27. The second kappa shape index (κ2) is 11.0. The first-order valence-corrected chi connectivity index (χ1v) is 12.4. The van der Waals surface area contributed by atoms with Crippen LogP contribution in [0.5, 0.6) is 0 Å². The molecule has 1 heterocycles. The molecule has 0 unspecified atom stereocenters. The fourth-order valence-electron chi connectivity index (χ4n) is 3.61. The molecule has 0 aliphatic heterocycles. The summed E-state index contributed by atoms with van der Waals surface area (Å²) in [5.74, 6) is 0.585. The predicted molar refractivity (Wildman–Crippen MR) is 143 cm³/mol. The van der Waals surface area contributed by atoms with E-state index in [4.69, 9.17) is 23.2 Å². The van der Waals surface area contributed by atoms with Crippen molar-refractivity contribution >= 4 is 47.1 Å². The largest absolute Gasteiger partial charge is 0.316 e. The molecule has 4 nitrogen and oxygen atoms in total. The molecular formula is C27H23Cl2N3OS. The van der Waals surface area contributed by atoms with Crippen molar-refractivity contribution in [3.05, 3.63) is 117 Å². The highest BCUT2D eigenvalue weighted by molar-refractivity contribution is 7.98. The van der Waals surface area contributed by atoms with E-state index in [2.05, 4.69) is 22.7 Å². The normalized spacial score (nSPS) is 11.2. The van der Waals surface area contributed by atoms with Gasteiger partial charge in [-0.25, -0.2) is 5.43 Å². The fraction of sp³-hybridized carbons (Fsp3) is 0.111. The first kappa shape index (κ1) is 24.1. The lowest BCUT2D eigenvalue weighted by Gasteiger charge is -2.12. The van der Waals surface area contributed by atoms with Crippen LogP contribution in [0.1, 0.15) is 32.9 Å². The number of aromatic nitrogens is 1. The molecule has 0 saturated heterocycles. The Balaban J connectivity index is 1.40. The number of carbonyl (C=O) groups is 1. The second-order valence-electron chi connectivity index (χ2n) is 7.73. The third kappa shape index (κ3) is 5.55. The van der Waals surface area contributed by atoms with Gasteiger partial charge >= 0.3 is 0 Å². The summed E-state index contributed by atoms with van der Waals surface area (Å²) in [5, 5.41) is 5.16. The Bertz CT molecular complexity index is 1330. The number of nitrogens with one attached hydrogen (secondary N) is 1. The van der Waals surface area contributed by atoms with Crippen LogP contribution in [0.4, 0.5) is 0 Å². The zero-order valence-electron chi connectivity index (χ0n) is 18.8. The van der Waals surface area contributed by atoms with E-state index >= 15 is 0 Å². The fourth-order valence-corrected chi connectivity index (χ4v) is 4.87. The van der Waals surface area contributed by atoms with Gasteiger partial charge in [-0.3, -0.25) is 4.79 Å². The van der Waals surface area contributed by atoms with Crippen LogP contribution in [0.3, 0.4) is 0 Å². The van der Waals surface area contributed by atoms with E-state index in [1.54, 1.807) is 24.0 Å². The van der Waals surface area contributed by atoms with Crippen molar-refractivity contribution in [2.75, 3.05) is 0 Å². The number of carbonyl (C=O) groups excluding carboxylic acids is 1. The molecule has 0 saturated carbocycles. The highest BCUT2D eigenvalue weighted by atomic mass is 35.5. The number of amides is 1. The zero-order valence-corrected chi connectivity index (χ0v) is 21.1. The highest BCUT2D eigenvalue weighted by Crippen LogP contribution is 2.31. The molecule has 1 aromatic heterocycles. The van der Waals surface area contributed by atoms with Gasteiger partial charge in [0.25, 0.3) is 5.91 Å². The standard InChI is InChI=1S/C27H23Cl2N3OS/c1-18-15-22(19(2)32(18)25-10-6-9-24(28)26(25)29)16-30-31-27(33)21-13-11-20(12-14-21)17-34-23-7-4-3-5-8-23/h3-16H,17H2,1-2H3,(H,31,33)/b30-16+. The van der Waals surface area contributed by atoms with E-state index in [1.807, 2.05) is 79.1 Å². The minimum atomic E-state index is -0.259. The lowest BCUT2D eigenvalue weighted by atomic mass is 10.1. The number of hydrogen-bond donors (Lipinski definition) is 1. The Morgan fingerprint density at radius 1 is 1.00 bits per heavy atom. The zero-order chi connectivity index (χ0) is 24.1. The van der Waals surface area contributed by atoms with Crippen molar-refractivity contribution in [3.63, 3.8) is 0 Å².